The fourth-order valence-electron chi connectivity index (χ4n) is 2.84. The van der Waals surface area contributed by atoms with Crippen LogP contribution in [0.4, 0.5) is 10.1 Å². The molecule has 102 valence electrons. The van der Waals surface area contributed by atoms with Crippen LogP contribution in [-0.2, 0) is 10.1 Å². The third-order valence-electron chi connectivity index (χ3n) is 3.95. The third kappa shape index (κ3) is 2.04. The minimum atomic E-state index is -0.784. The molecule has 2 aliphatic rings. The molecular weight excluding hydrogens is 313 g/mol. The lowest BCUT2D eigenvalue weighted by molar-refractivity contribution is -0.135. The Labute approximate surface area is 119 Å². The van der Waals surface area contributed by atoms with Crippen molar-refractivity contribution in [2.24, 2.45) is 0 Å². The van der Waals surface area contributed by atoms with Crippen molar-refractivity contribution < 1.29 is 13.9 Å². The van der Waals surface area contributed by atoms with Crippen molar-refractivity contribution in [3.8, 4) is 5.75 Å². The van der Waals surface area contributed by atoms with E-state index in [0.717, 1.165) is 19.3 Å². The number of nitrogens with one attached hydrogen (secondary N) is 1. The molecule has 1 aliphatic carbocycles. The number of ether oxygens (including phenoxy) is 1. The average Bonchev–Trinajstić information content (AvgIpc) is 2.43. The van der Waals surface area contributed by atoms with Gasteiger partial charge in [0, 0.05) is 10.9 Å². The maximum Gasteiger partial charge on any atom is 0.268 e. The zero-order valence-corrected chi connectivity index (χ0v) is 12.1. The highest BCUT2D eigenvalue weighted by Gasteiger charge is 2.45. The molecule has 19 heavy (non-hydrogen) atoms. The minimum Gasteiger partial charge on any atom is -0.475 e. The van der Waals surface area contributed by atoms with Crippen molar-refractivity contribution in [1.82, 2.24) is 0 Å². The van der Waals surface area contributed by atoms with Gasteiger partial charge in [-0.1, -0.05) is 28.4 Å². The van der Waals surface area contributed by atoms with Crippen molar-refractivity contribution in [2.45, 2.75) is 43.0 Å². The maximum absolute atomic E-state index is 14.2. The molecule has 0 saturated heterocycles. The molecule has 3 rings (SSSR count). The van der Waals surface area contributed by atoms with E-state index in [4.69, 9.17) is 4.74 Å². The number of anilines is 1. The topological polar surface area (TPSA) is 38.3 Å². The Bertz CT molecular complexity index is 526. The lowest BCUT2D eigenvalue weighted by Gasteiger charge is -2.40. The van der Waals surface area contributed by atoms with Gasteiger partial charge in [0.15, 0.2) is 11.4 Å². The van der Waals surface area contributed by atoms with Gasteiger partial charge in [0.25, 0.3) is 5.91 Å². The summed E-state index contributed by atoms with van der Waals surface area (Å²) in [7, 11) is 0. The van der Waals surface area contributed by atoms with Crippen molar-refractivity contribution in [1.29, 1.82) is 0 Å². The highest BCUT2D eigenvalue weighted by molar-refractivity contribution is 9.08. The maximum atomic E-state index is 14.2. The Morgan fingerprint density at radius 1 is 1.32 bits per heavy atom. The van der Waals surface area contributed by atoms with Crippen LogP contribution in [0.5, 0.6) is 5.75 Å². The molecule has 1 aliphatic heterocycles. The second-order valence-electron chi connectivity index (χ2n) is 5.16. The summed E-state index contributed by atoms with van der Waals surface area (Å²) in [5.41, 5.74) is -0.0893. The summed E-state index contributed by atoms with van der Waals surface area (Å²) in [6, 6.07) is 3.43. The van der Waals surface area contributed by atoms with Crippen LogP contribution in [0, 0.1) is 5.82 Å². The van der Waals surface area contributed by atoms with Crippen molar-refractivity contribution in [3.63, 3.8) is 0 Å². The van der Waals surface area contributed by atoms with E-state index in [9.17, 15) is 9.18 Å². The van der Waals surface area contributed by atoms with E-state index in [1.165, 1.54) is 0 Å². The molecule has 5 heteroatoms. The predicted molar refractivity (Wildman–Crippen MR) is 74.1 cm³/mol. The van der Waals surface area contributed by atoms with E-state index in [1.807, 2.05) is 0 Å². The molecule has 0 radical (unpaired) electrons. The van der Waals surface area contributed by atoms with Gasteiger partial charge in [-0.3, -0.25) is 4.79 Å². The van der Waals surface area contributed by atoms with Crippen molar-refractivity contribution in [2.75, 3.05) is 5.32 Å². The Morgan fingerprint density at radius 3 is 2.74 bits per heavy atom. The number of rotatable bonds is 1. The number of fused-ring (bicyclic) bond motifs is 1. The summed E-state index contributed by atoms with van der Waals surface area (Å²) in [5.74, 6) is -0.164. The predicted octanol–water partition coefficient (Wildman–Crippen LogP) is 3.75. The van der Waals surface area contributed by atoms with Crippen LogP contribution in [0.25, 0.3) is 0 Å². The van der Waals surface area contributed by atoms with Crippen LogP contribution < -0.4 is 10.1 Å². The molecule has 0 aromatic heterocycles. The normalized spacial score (nSPS) is 20.6. The number of halogens is 2. The van der Waals surface area contributed by atoms with Crippen LogP contribution in [-0.4, -0.2) is 11.5 Å². The number of carbonyl (C=O) groups is 1. The van der Waals surface area contributed by atoms with Crippen LogP contribution in [0.1, 0.15) is 37.7 Å². The lowest BCUT2D eigenvalue weighted by Crippen LogP contribution is -2.52. The van der Waals surface area contributed by atoms with Gasteiger partial charge in [0.05, 0.1) is 0 Å². The van der Waals surface area contributed by atoms with Gasteiger partial charge in [0.2, 0.25) is 0 Å². The summed E-state index contributed by atoms with van der Waals surface area (Å²) in [5, 5.41) is 3.11. The quantitative estimate of drug-likeness (QED) is 0.797. The molecule has 1 amide bonds. The first-order chi connectivity index (χ1) is 9.16. The zero-order valence-electron chi connectivity index (χ0n) is 10.5. The van der Waals surface area contributed by atoms with E-state index in [0.29, 0.717) is 29.5 Å². The van der Waals surface area contributed by atoms with Gasteiger partial charge in [-0.05, 0) is 31.7 Å². The zero-order chi connectivity index (χ0) is 13.5. The second kappa shape index (κ2) is 4.78. The highest BCUT2D eigenvalue weighted by atomic mass is 79.9. The molecule has 0 unspecified atom stereocenters. The van der Waals surface area contributed by atoms with E-state index >= 15 is 0 Å². The summed E-state index contributed by atoms with van der Waals surface area (Å²) in [6.45, 7) is 0. The molecule has 0 bridgehead atoms. The Morgan fingerprint density at radius 2 is 2.05 bits per heavy atom. The first kappa shape index (κ1) is 12.9. The Balaban J connectivity index is 2.00. The fourth-order valence-corrected chi connectivity index (χ4v) is 3.28. The van der Waals surface area contributed by atoms with E-state index in [-0.39, 0.29) is 11.6 Å². The van der Waals surface area contributed by atoms with E-state index < -0.39 is 11.4 Å². The van der Waals surface area contributed by atoms with Crippen LogP contribution in [0.2, 0.25) is 0 Å². The monoisotopic (exact) mass is 327 g/mol. The number of hydrogen-bond acceptors (Lipinski definition) is 2. The SMILES string of the molecule is O=C1Nc2c(ccc(CBr)c2F)OC12CCCCC2. The summed E-state index contributed by atoms with van der Waals surface area (Å²) in [6.07, 6.45) is 4.50. The van der Waals surface area contributed by atoms with Gasteiger partial charge in [-0.15, -0.1) is 0 Å². The highest BCUT2D eigenvalue weighted by Crippen LogP contribution is 2.42. The number of alkyl halides is 1. The molecular formula is C14H15BrFNO2. The lowest BCUT2D eigenvalue weighted by atomic mass is 9.83. The molecule has 1 saturated carbocycles. The van der Waals surface area contributed by atoms with Gasteiger partial charge < -0.3 is 10.1 Å². The Hall–Kier alpha value is -1.10. The molecule has 1 heterocycles. The van der Waals surface area contributed by atoms with Crippen LogP contribution in [0.3, 0.4) is 0 Å². The summed E-state index contributed by atoms with van der Waals surface area (Å²) in [4.78, 5) is 12.3. The van der Waals surface area contributed by atoms with Gasteiger partial charge in [-0.2, -0.15) is 0 Å². The van der Waals surface area contributed by atoms with Gasteiger partial charge in [0.1, 0.15) is 11.4 Å². The van der Waals surface area contributed by atoms with Gasteiger partial charge in [-0.25, -0.2) is 4.39 Å². The summed E-state index contributed by atoms with van der Waals surface area (Å²) >= 11 is 3.23. The first-order valence-electron chi connectivity index (χ1n) is 6.54. The number of hydrogen-bond donors (Lipinski definition) is 1. The van der Waals surface area contributed by atoms with Gasteiger partial charge >= 0.3 is 0 Å². The largest absolute Gasteiger partial charge is 0.475 e. The van der Waals surface area contributed by atoms with Crippen molar-refractivity contribution in [3.05, 3.63) is 23.5 Å². The molecule has 0 atom stereocenters. The molecule has 1 aromatic carbocycles. The minimum absolute atomic E-state index is 0.179. The molecule has 1 spiro atoms. The van der Waals surface area contributed by atoms with Crippen LogP contribution in [0.15, 0.2) is 12.1 Å². The summed E-state index contributed by atoms with van der Waals surface area (Å²) < 4.78 is 20.0. The first-order valence-corrected chi connectivity index (χ1v) is 7.66. The Kier molecular flexibility index (Phi) is 3.25. The number of carbonyl (C=O) groups excluding carboxylic acids is 1. The van der Waals surface area contributed by atoms with Crippen molar-refractivity contribution >= 4 is 27.5 Å². The number of amides is 1. The van der Waals surface area contributed by atoms with E-state index in [2.05, 4.69) is 21.2 Å². The van der Waals surface area contributed by atoms with Crippen LogP contribution >= 0.6 is 15.9 Å². The molecule has 3 nitrogen and oxygen atoms in total. The molecule has 1 aromatic rings. The second-order valence-corrected chi connectivity index (χ2v) is 5.72. The average molecular weight is 328 g/mol. The van der Waals surface area contributed by atoms with E-state index in [1.54, 1.807) is 12.1 Å². The molecule has 1 fully saturated rings. The third-order valence-corrected chi connectivity index (χ3v) is 4.55. The fraction of sp³-hybridized carbons (Fsp3) is 0.500. The smallest absolute Gasteiger partial charge is 0.268 e. The number of benzene rings is 1. The molecule has 1 N–H and O–H groups in total. The standard InChI is InChI=1S/C14H15BrFNO2/c15-8-9-4-5-10-12(11(9)16)17-13(18)14(19-10)6-2-1-3-7-14/h4-5H,1-3,6-8H2,(H,17,18).